The van der Waals surface area contributed by atoms with Crippen molar-refractivity contribution in [1.82, 2.24) is 15.6 Å². The van der Waals surface area contributed by atoms with Gasteiger partial charge in [0.2, 0.25) is 0 Å². The number of aromatic nitrogens is 1. The van der Waals surface area contributed by atoms with Crippen LogP contribution in [0.1, 0.15) is 36.3 Å². The molecule has 1 aromatic carbocycles. The van der Waals surface area contributed by atoms with E-state index in [-0.39, 0.29) is 41.5 Å². The molecular weight excluding hydrogens is 499 g/mol. The molecule has 1 aliphatic heterocycles. The Morgan fingerprint density at radius 1 is 1.10 bits per heavy atom. The summed E-state index contributed by atoms with van der Waals surface area (Å²) in [4.78, 5) is 11.1. The van der Waals surface area contributed by atoms with Gasteiger partial charge in [-0.2, -0.15) is 0 Å². The van der Waals surface area contributed by atoms with Crippen molar-refractivity contribution < 1.29 is 8.78 Å². The lowest BCUT2D eigenvalue weighted by Crippen LogP contribution is -2.49. The van der Waals surface area contributed by atoms with Crippen molar-refractivity contribution in [2.24, 2.45) is 4.99 Å². The second-order valence-electron chi connectivity index (χ2n) is 7.90. The Morgan fingerprint density at radius 2 is 1.80 bits per heavy atom. The second-order valence-corrected chi connectivity index (χ2v) is 7.90. The summed E-state index contributed by atoms with van der Waals surface area (Å²) in [5, 5.41) is 6.78. The third-order valence-electron chi connectivity index (χ3n) is 5.76. The number of hydrogen-bond acceptors (Lipinski definition) is 3. The summed E-state index contributed by atoms with van der Waals surface area (Å²) in [7, 11) is 1.72. The van der Waals surface area contributed by atoms with Crippen LogP contribution in [0.4, 0.5) is 14.6 Å². The van der Waals surface area contributed by atoms with E-state index in [0.717, 1.165) is 37.3 Å². The molecule has 2 aliphatic rings. The van der Waals surface area contributed by atoms with E-state index < -0.39 is 11.6 Å². The molecule has 30 heavy (non-hydrogen) atoms. The number of benzene rings is 1. The molecule has 162 valence electrons. The van der Waals surface area contributed by atoms with E-state index in [1.54, 1.807) is 7.05 Å². The lowest BCUT2D eigenvalue weighted by Gasteiger charge is -2.33. The fourth-order valence-electron chi connectivity index (χ4n) is 3.98. The molecular formula is C22H28F2IN5. The minimum absolute atomic E-state index is 0. The lowest BCUT2D eigenvalue weighted by atomic mass is 10.1. The van der Waals surface area contributed by atoms with E-state index in [0.29, 0.717) is 18.4 Å². The third kappa shape index (κ3) is 5.19. The van der Waals surface area contributed by atoms with Gasteiger partial charge in [0.25, 0.3) is 0 Å². The van der Waals surface area contributed by atoms with Crippen LogP contribution < -0.4 is 15.5 Å². The first-order valence-electron chi connectivity index (χ1n) is 10.2. The summed E-state index contributed by atoms with van der Waals surface area (Å²) in [5.74, 6) is 0.619. The average Bonchev–Trinajstić information content (AvgIpc) is 3.47. The molecule has 1 aliphatic carbocycles. The van der Waals surface area contributed by atoms with Gasteiger partial charge < -0.3 is 15.5 Å². The second kappa shape index (κ2) is 9.89. The van der Waals surface area contributed by atoms with Gasteiger partial charge in [0, 0.05) is 49.9 Å². The summed E-state index contributed by atoms with van der Waals surface area (Å²) < 4.78 is 28.0. The van der Waals surface area contributed by atoms with Gasteiger partial charge in [0.1, 0.15) is 17.5 Å². The Hall–Kier alpha value is -1.97. The first kappa shape index (κ1) is 22.7. The third-order valence-corrected chi connectivity index (χ3v) is 5.76. The van der Waals surface area contributed by atoms with Gasteiger partial charge in [0.05, 0.1) is 0 Å². The number of hydrogen-bond donors (Lipinski definition) is 2. The number of pyridine rings is 1. The molecule has 2 aromatic rings. The largest absolute Gasteiger partial charge is 0.356 e. The summed E-state index contributed by atoms with van der Waals surface area (Å²) in [6.07, 6.45) is 4.56. The highest BCUT2D eigenvalue weighted by atomic mass is 127. The Morgan fingerprint density at radius 3 is 2.40 bits per heavy atom. The predicted octanol–water partition coefficient (Wildman–Crippen LogP) is 3.98. The topological polar surface area (TPSA) is 52.6 Å². The molecule has 0 bridgehead atoms. The van der Waals surface area contributed by atoms with Gasteiger partial charge in [-0.25, -0.2) is 13.8 Å². The molecule has 2 fully saturated rings. The predicted molar refractivity (Wildman–Crippen MR) is 127 cm³/mol. The monoisotopic (exact) mass is 527 g/mol. The van der Waals surface area contributed by atoms with Crippen LogP contribution >= 0.6 is 24.0 Å². The molecule has 1 aromatic heterocycles. The number of aliphatic imine (C=N–C) groups is 1. The van der Waals surface area contributed by atoms with Crippen molar-refractivity contribution in [3.8, 4) is 0 Å². The fourth-order valence-corrected chi connectivity index (χ4v) is 3.98. The van der Waals surface area contributed by atoms with Crippen molar-refractivity contribution in [3.05, 3.63) is 59.3 Å². The molecule has 5 nitrogen and oxygen atoms in total. The number of nitrogens with one attached hydrogen (secondary N) is 2. The normalized spacial score (nSPS) is 21.7. The summed E-state index contributed by atoms with van der Waals surface area (Å²) in [6.45, 7) is 3.89. The highest BCUT2D eigenvalue weighted by molar-refractivity contribution is 14.0. The van der Waals surface area contributed by atoms with Crippen LogP contribution in [0.5, 0.6) is 0 Å². The molecule has 0 amide bonds. The van der Waals surface area contributed by atoms with Crippen LogP contribution in [0.25, 0.3) is 0 Å². The molecule has 1 saturated heterocycles. The van der Waals surface area contributed by atoms with Crippen molar-refractivity contribution in [2.45, 2.75) is 44.2 Å². The molecule has 1 saturated carbocycles. The average molecular weight is 527 g/mol. The molecule has 2 heterocycles. The molecule has 0 spiro atoms. The van der Waals surface area contributed by atoms with Gasteiger partial charge in [0.15, 0.2) is 5.96 Å². The minimum Gasteiger partial charge on any atom is -0.356 e. The number of rotatable bonds is 4. The van der Waals surface area contributed by atoms with E-state index in [4.69, 9.17) is 0 Å². The Labute approximate surface area is 193 Å². The van der Waals surface area contributed by atoms with Crippen molar-refractivity contribution >= 4 is 35.8 Å². The molecule has 2 unspecified atom stereocenters. The van der Waals surface area contributed by atoms with E-state index >= 15 is 0 Å². The fraction of sp³-hybridized carbons (Fsp3) is 0.455. The molecule has 2 atom stereocenters. The molecule has 4 rings (SSSR count). The van der Waals surface area contributed by atoms with E-state index in [2.05, 4.69) is 37.6 Å². The van der Waals surface area contributed by atoms with Gasteiger partial charge in [-0.05, 0) is 49.9 Å². The summed E-state index contributed by atoms with van der Waals surface area (Å²) in [5.41, 5.74) is 1.34. The Balaban J connectivity index is 0.00000256. The van der Waals surface area contributed by atoms with Gasteiger partial charge >= 0.3 is 0 Å². The van der Waals surface area contributed by atoms with E-state index in [1.807, 2.05) is 13.1 Å². The summed E-state index contributed by atoms with van der Waals surface area (Å²) in [6, 6.07) is 8.50. The summed E-state index contributed by atoms with van der Waals surface area (Å²) >= 11 is 0. The highest BCUT2D eigenvalue weighted by Gasteiger charge is 2.42. The maximum atomic E-state index is 14.0. The number of nitrogens with zero attached hydrogens (tertiary/aromatic N) is 3. The first-order valence-corrected chi connectivity index (χ1v) is 10.2. The van der Waals surface area contributed by atoms with Crippen LogP contribution in [-0.4, -0.2) is 43.2 Å². The molecule has 8 heteroatoms. The zero-order valence-electron chi connectivity index (χ0n) is 17.2. The quantitative estimate of drug-likeness (QED) is 0.359. The van der Waals surface area contributed by atoms with E-state index in [1.165, 1.54) is 18.2 Å². The number of halogens is 3. The maximum absolute atomic E-state index is 14.0. The first-order chi connectivity index (χ1) is 14.0. The van der Waals surface area contributed by atoms with Gasteiger partial charge in [-0.15, -0.1) is 24.0 Å². The molecule has 0 radical (unpaired) electrons. The van der Waals surface area contributed by atoms with Crippen LogP contribution in [0.15, 0.2) is 41.5 Å². The zero-order valence-corrected chi connectivity index (χ0v) is 19.6. The number of guanidine groups is 1. The number of anilines is 1. The lowest BCUT2D eigenvalue weighted by molar-refractivity contribution is 0.459. The SMILES string of the molecule is CN=C(NC1CCN(c2ccc(C)cn2)CC1)NC1CC1c1c(F)cccc1F.I. The van der Waals surface area contributed by atoms with Gasteiger partial charge in [-0.1, -0.05) is 12.1 Å². The van der Waals surface area contributed by atoms with Crippen molar-refractivity contribution in [1.29, 1.82) is 0 Å². The minimum atomic E-state index is -0.473. The van der Waals surface area contributed by atoms with E-state index in [9.17, 15) is 8.78 Å². The zero-order chi connectivity index (χ0) is 20.4. The maximum Gasteiger partial charge on any atom is 0.191 e. The molecule has 2 N–H and O–H groups in total. The van der Waals surface area contributed by atoms with Crippen LogP contribution in [0, 0.1) is 18.6 Å². The Kier molecular flexibility index (Phi) is 7.49. The Bertz CT molecular complexity index is 861. The number of aryl methyl sites for hydroxylation is 1. The number of piperidine rings is 1. The van der Waals surface area contributed by atoms with Crippen LogP contribution in [0.2, 0.25) is 0 Å². The smallest absolute Gasteiger partial charge is 0.191 e. The van der Waals surface area contributed by atoms with Crippen LogP contribution in [-0.2, 0) is 0 Å². The highest BCUT2D eigenvalue weighted by Crippen LogP contribution is 2.43. The van der Waals surface area contributed by atoms with Crippen molar-refractivity contribution in [3.63, 3.8) is 0 Å². The standard InChI is InChI=1S/C22H27F2N5.HI/c1-14-6-7-20(26-13-14)29-10-8-15(9-11-29)27-22(25-2)28-19-12-16(19)21-17(23)4-3-5-18(21)24;/h3-7,13,15-16,19H,8-12H2,1-2H3,(H2,25,27,28);1H. The van der Waals surface area contributed by atoms with Gasteiger partial charge in [-0.3, -0.25) is 4.99 Å². The van der Waals surface area contributed by atoms with Crippen LogP contribution in [0.3, 0.4) is 0 Å². The van der Waals surface area contributed by atoms with Crippen molar-refractivity contribution in [2.75, 3.05) is 25.0 Å².